The Balaban J connectivity index is 1.92. The third-order valence-electron chi connectivity index (χ3n) is 4.58. The first-order valence-electron chi connectivity index (χ1n) is 9.13. The normalized spacial score (nSPS) is 14.5. The summed E-state index contributed by atoms with van der Waals surface area (Å²) in [6.45, 7) is 1.46. The molecule has 6 heteroatoms. The van der Waals surface area contributed by atoms with Crippen molar-refractivity contribution in [1.82, 2.24) is 10.6 Å². The monoisotopic (exact) mass is 361 g/mol. The lowest BCUT2D eigenvalue weighted by Gasteiger charge is -2.18. The summed E-state index contributed by atoms with van der Waals surface area (Å²) >= 11 is 0. The summed E-state index contributed by atoms with van der Waals surface area (Å²) in [7, 11) is 6.63. The SMILES string of the molecule is CN=C(NCCC1=CCCCC1)NCc1ccc(OC)c(OC)c1OC. The summed E-state index contributed by atoms with van der Waals surface area (Å²) in [5.41, 5.74) is 2.53. The van der Waals surface area contributed by atoms with Crippen molar-refractivity contribution in [2.24, 2.45) is 4.99 Å². The van der Waals surface area contributed by atoms with Gasteiger partial charge in [-0.3, -0.25) is 4.99 Å². The van der Waals surface area contributed by atoms with E-state index in [2.05, 4.69) is 21.7 Å². The molecule has 0 heterocycles. The summed E-state index contributed by atoms with van der Waals surface area (Å²) in [4.78, 5) is 4.30. The first-order valence-corrected chi connectivity index (χ1v) is 9.13. The lowest BCUT2D eigenvalue weighted by molar-refractivity contribution is 0.322. The number of benzene rings is 1. The Morgan fingerprint density at radius 1 is 1.04 bits per heavy atom. The van der Waals surface area contributed by atoms with Gasteiger partial charge in [0.2, 0.25) is 5.75 Å². The molecular weight excluding hydrogens is 330 g/mol. The first-order chi connectivity index (χ1) is 12.7. The van der Waals surface area contributed by atoms with Crippen LogP contribution in [0.2, 0.25) is 0 Å². The minimum atomic E-state index is 0.575. The maximum Gasteiger partial charge on any atom is 0.203 e. The Morgan fingerprint density at radius 3 is 2.46 bits per heavy atom. The van der Waals surface area contributed by atoms with Crippen molar-refractivity contribution in [3.8, 4) is 17.2 Å². The van der Waals surface area contributed by atoms with E-state index in [-0.39, 0.29) is 0 Å². The number of methoxy groups -OCH3 is 3. The van der Waals surface area contributed by atoms with Crippen LogP contribution < -0.4 is 24.8 Å². The molecule has 0 saturated carbocycles. The maximum atomic E-state index is 5.52. The minimum absolute atomic E-state index is 0.575. The molecule has 0 radical (unpaired) electrons. The second-order valence-corrected chi connectivity index (χ2v) is 6.20. The highest BCUT2D eigenvalue weighted by atomic mass is 16.5. The number of allylic oxidation sites excluding steroid dienone is 1. The van der Waals surface area contributed by atoms with Gasteiger partial charge in [0.05, 0.1) is 21.3 Å². The number of rotatable bonds is 8. The predicted molar refractivity (Wildman–Crippen MR) is 105 cm³/mol. The highest BCUT2D eigenvalue weighted by Crippen LogP contribution is 2.39. The average Bonchev–Trinajstić information content (AvgIpc) is 2.70. The van der Waals surface area contributed by atoms with E-state index in [1.807, 2.05) is 12.1 Å². The number of hydrogen-bond acceptors (Lipinski definition) is 4. The summed E-state index contributed by atoms with van der Waals surface area (Å²) in [5, 5.41) is 6.71. The van der Waals surface area contributed by atoms with Crippen LogP contribution in [0.15, 0.2) is 28.8 Å². The molecule has 0 fully saturated rings. The molecular formula is C20H31N3O3. The molecule has 0 aliphatic heterocycles. The average molecular weight is 361 g/mol. The molecule has 0 amide bonds. The fraction of sp³-hybridized carbons (Fsp3) is 0.550. The number of hydrogen-bond donors (Lipinski definition) is 2. The second-order valence-electron chi connectivity index (χ2n) is 6.20. The number of ether oxygens (including phenoxy) is 3. The van der Waals surface area contributed by atoms with Crippen molar-refractivity contribution in [3.63, 3.8) is 0 Å². The highest BCUT2D eigenvalue weighted by Gasteiger charge is 2.15. The van der Waals surface area contributed by atoms with Crippen LogP contribution in [-0.2, 0) is 6.54 Å². The molecule has 1 aliphatic rings. The number of nitrogens with zero attached hydrogens (tertiary/aromatic N) is 1. The molecule has 2 N–H and O–H groups in total. The van der Waals surface area contributed by atoms with Crippen LogP contribution in [0.1, 0.15) is 37.7 Å². The van der Waals surface area contributed by atoms with Gasteiger partial charge in [-0.15, -0.1) is 0 Å². The molecule has 2 rings (SSSR count). The molecule has 6 nitrogen and oxygen atoms in total. The van der Waals surface area contributed by atoms with Crippen molar-refractivity contribution in [3.05, 3.63) is 29.3 Å². The smallest absolute Gasteiger partial charge is 0.203 e. The summed E-state index contributed by atoms with van der Waals surface area (Å²) < 4.78 is 16.3. The van der Waals surface area contributed by atoms with Crippen molar-refractivity contribution in [2.45, 2.75) is 38.6 Å². The molecule has 0 saturated heterocycles. The van der Waals surface area contributed by atoms with E-state index in [9.17, 15) is 0 Å². The van der Waals surface area contributed by atoms with Gasteiger partial charge >= 0.3 is 0 Å². The van der Waals surface area contributed by atoms with Crippen molar-refractivity contribution < 1.29 is 14.2 Å². The van der Waals surface area contributed by atoms with Crippen LogP contribution in [-0.4, -0.2) is 40.9 Å². The fourth-order valence-corrected chi connectivity index (χ4v) is 3.18. The third-order valence-corrected chi connectivity index (χ3v) is 4.58. The summed E-state index contributed by atoms with van der Waals surface area (Å²) in [5.74, 6) is 2.69. The van der Waals surface area contributed by atoms with E-state index in [0.717, 1.165) is 24.5 Å². The molecule has 1 aromatic rings. The van der Waals surface area contributed by atoms with E-state index in [0.29, 0.717) is 23.8 Å². The topological polar surface area (TPSA) is 64.1 Å². The summed E-state index contributed by atoms with van der Waals surface area (Å²) in [6.07, 6.45) is 8.55. The minimum Gasteiger partial charge on any atom is -0.493 e. The predicted octanol–water partition coefficient (Wildman–Crippen LogP) is 3.27. The Kier molecular flexibility index (Phi) is 8.12. The molecule has 1 aliphatic carbocycles. The number of aliphatic imine (C=N–C) groups is 1. The zero-order valence-corrected chi connectivity index (χ0v) is 16.4. The van der Waals surface area contributed by atoms with E-state index in [1.165, 1.54) is 25.7 Å². The van der Waals surface area contributed by atoms with Gasteiger partial charge in [-0.1, -0.05) is 11.6 Å². The molecule has 0 atom stereocenters. The van der Waals surface area contributed by atoms with Crippen LogP contribution in [0.4, 0.5) is 0 Å². The number of guanidine groups is 1. The van der Waals surface area contributed by atoms with Crippen molar-refractivity contribution in [2.75, 3.05) is 34.9 Å². The first kappa shape index (κ1) is 19.9. The molecule has 1 aromatic carbocycles. The number of nitrogens with one attached hydrogen (secondary N) is 2. The zero-order chi connectivity index (χ0) is 18.8. The van der Waals surface area contributed by atoms with Gasteiger partial charge in [-0.05, 0) is 44.2 Å². The van der Waals surface area contributed by atoms with Gasteiger partial charge in [0.15, 0.2) is 17.5 Å². The van der Waals surface area contributed by atoms with Crippen LogP contribution in [0, 0.1) is 0 Å². The Hall–Kier alpha value is -2.37. The third kappa shape index (κ3) is 5.31. The van der Waals surface area contributed by atoms with Gasteiger partial charge in [0, 0.05) is 25.7 Å². The van der Waals surface area contributed by atoms with Crippen LogP contribution in [0.5, 0.6) is 17.2 Å². The molecule has 0 bridgehead atoms. The second kappa shape index (κ2) is 10.6. The van der Waals surface area contributed by atoms with Gasteiger partial charge in [0.25, 0.3) is 0 Å². The van der Waals surface area contributed by atoms with E-state index in [4.69, 9.17) is 14.2 Å². The molecule has 0 aromatic heterocycles. The largest absolute Gasteiger partial charge is 0.493 e. The van der Waals surface area contributed by atoms with Crippen LogP contribution in [0.3, 0.4) is 0 Å². The van der Waals surface area contributed by atoms with E-state index in [1.54, 1.807) is 34.0 Å². The van der Waals surface area contributed by atoms with E-state index < -0.39 is 0 Å². The van der Waals surface area contributed by atoms with Gasteiger partial charge in [0.1, 0.15) is 0 Å². The van der Waals surface area contributed by atoms with Crippen LogP contribution in [0.25, 0.3) is 0 Å². The van der Waals surface area contributed by atoms with Crippen molar-refractivity contribution in [1.29, 1.82) is 0 Å². The van der Waals surface area contributed by atoms with Gasteiger partial charge in [-0.25, -0.2) is 0 Å². The molecule has 0 unspecified atom stereocenters. The zero-order valence-electron chi connectivity index (χ0n) is 16.4. The standard InChI is InChI=1S/C20H31N3O3/c1-21-20(22-13-12-15-8-6-5-7-9-15)23-14-16-10-11-17(24-2)19(26-4)18(16)25-3/h8,10-11H,5-7,9,12-14H2,1-4H3,(H2,21,22,23). The summed E-state index contributed by atoms with van der Waals surface area (Å²) in [6, 6.07) is 3.84. The molecule has 144 valence electrons. The Morgan fingerprint density at radius 2 is 1.85 bits per heavy atom. The van der Waals surface area contributed by atoms with Gasteiger partial charge in [-0.2, -0.15) is 0 Å². The van der Waals surface area contributed by atoms with Gasteiger partial charge < -0.3 is 24.8 Å². The highest BCUT2D eigenvalue weighted by molar-refractivity contribution is 5.79. The Labute approximate surface area is 156 Å². The maximum absolute atomic E-state index is 5.52. The quantitative estimate of drug-likeness (QED) is 0.423. The van der Waals surface area contributed by atoms with Crippen molar-refractivity contribution >= 4 is 5.96 Å². The Bertz CT molecular complexity index is 641. The van der Waals surface area contributed by atoms with E-state index >= 15 is 0 Å². The molecule has 26 heavy (non-hydrogen) atoms. The lowest BCUT2D eigenvalue weighted by atomic mass is 9.97. The lowest BCUT2D eigenvalue weighted by Crippen LogP contribution is -2.37. The molecule has 0 spiro atoms. The fourth-order valence-electron chi connectivity index (χ4n) is 3.18. The van der Waals surface area contributed by atoms with Crippen LogP contribution >= 0.6 is 0 Å².